The third-order valence-corrected chi connectivity index (χ3v) is 6.04. The molecular formula is C18H18ClN3O2S. The number of hydrogen-bond acceptors (Lipinski definition) is 5. The fourth-order valence-electron chi connectivity index (χ4n) is 3.18. The van der Waals surface area contributed by atoms with Crippen molar-refractivity contribution in [3.8, 4) is 11.3 Å². The highest BCUT2D eigenvalue weighted by Gasteiger charge is 2.26. The van der Waals surface area contributed by atoms with Crippen molar-refractivity contribution in [2.75, 3.05) is 18.5 Å². The summed E-state index contributed by atoms with van der Waals surface area (Å²) in [6.45, 7) is 3.39. The molecule has 7 heteroatoms. The lowest BCUT2D eigenvalue weighted by Crippen LogP contribution is -2.29. The molecule has 1 aromatic carbocycles. The Morgan fingerprint density at radius 1 is 1.36 bits per heavy atom. The summed E-state index contributed by atoms with van der Waals surface area (Å²) in [5.41, 5.74) is 2.90. The normalized spacial score (nSPS) is 19.8. The van der Waals surface area contributed by atoms with Gasteiger partial charge in [0.25, 0.3) is 0 Å². The van der Waals surface area contributed by atoms with E-state index in [0.717, 1.165) is 34.6 Å². The molecule has 5 nitrogen and oxygen atoms in total. The quantitative estimate of drug-likeness (QED) is 0.846. The number of rotatable bonds is 2. The van der Waals surface area contributed by atoms with Crippen LogP contribution in [0, 0.1) is 5.92 Å². The van der Waals surface area contributed by atoms with E-state index in [-0.39, 0.29) is 17.1 Å². The minimum absolute atomic E-state index is 0.0344. The number of carbonyl (C=O) groups is 1. The lowest BCUT2D eigenvalue weighted by Gasteiger charge is -2.24. The fourth-order valence-corrected chi connectivity index (χ4v) is 4.46. The molecule has 1 atom stereocenters. The van der Waals surface area contributed by atoms with Crippen LogP contribution in [-0.4, -0.2) is 29.1 Å². The fraction of sp³-hybridized carbons (Fsp3) is 0.389. The summed E-state index contributed by atoms with van der Waals surface area (Å²) >= 11 is 7.94. The van der Waals surface area contributed by atoms with Gasteiger partial charge in [0.15, 0.2) is 0 Å². The van der Waals surface area contributed by atoms with Crippen LogP contribution in [0.5, 0.6) is 0 Å². The Bertz CT molecular complexity index is 824. The van der Waals surface area contributed by atoms with Gasteiger partial charge in [0.2, 0.25) is 11.9 Å². The van der Waals surface area contributed by atoms with Crippen molar-refractivity contribution in [2.45, 2.75) is 29.9 Å². The van der Waals surface area contributed by atoms with Crippen LogP contribution in [0.2, 0.25) is 5.02 Å². The predicted molar refractivity (Wildman–Crippen MR) is 98.9 cm³/mol. The van der Waals surface area contributed by atoms with E-state index >= 15 is 0 Å². The summed E-state index contributed by atoms with van der Waals surface area (Å²) < 4.78 is 5.31. The summed E-state index contributed by atoms with van der Waals surface area (Å²) in [6.07, 6.45) is 3.29. The Morgan fingerprint density at radius 2 is 2.16 bits per heavy atom. The van der Waals surface area contributed by atoms with Gasteiger partial charge in [0.05, 0.1) is 5.69 Å². The lowest BCUT2D eigenvalue weighted by molar-refractivity contribution is -0.122. The van der Waals surface area contributed by atoms with E-state index in [0.29, 0.717) is 24.2 Å². The highest BCUT2D eigenvalue weighted by Crippen LogP contribution is 2.48. The number of aromatic nitrogens is 2. The second-order valence-corrected chi connectivity index (χ2v) is 8.09. The monoisotopic (exact) mass is 375 g/mol. The Balaban J connectivity index is 1.64. The lowest BCUT2D eigenvalue weighted by atomic mass is 9.99. The van der Waals surface area contributed by atoms with E-state index in [4.69, 9.17) is 16.3 Å². The van der Waals surface area contributed by atoms with Crippen LogP contribution in [0.3, 0.4) is 0 Å². The van der Waals surface area contributed by atoms with Crippen LogP contribution in [0.25, 0.3) is 11.3 Å². The van der Waals surface area contributed by atoms with Crippen LogP contribution in [0.4, 0.5) is 5.95 Å². The van der Waals surface area contributed by atoms with Gasteiger partial charge in [-0.05, 0) is 38.0 Å². The number of anilines is 1. The molecule has 25 heavy (non-hydrogen) atoms. The van der Waals surface area contributed by atoms with Crippen molar-refractivity contribution in [1.82, 2.24) is 9.97 Å². The highest BCUT2D eigenvalue weighted by atomic mass is 35.5. The van der Waals surface area contributed by atoms with Gasteiger partial charge in [0, 0.05) is 51.6 Å². The largest absolute Gasteiger partial charge is 0.381 e. The molecule has 1 saturated heterocycles. The van der Waals surface area contributed by atoms with Gasteiger partial charge < -0.3 is 4.74 Å². The molecule has 2 aromatic rings. The predicted octanol–water partition coefficient (Wildman–Crippen LogP) is 4.33. The van der Waals surface area contributed by atoms with Crippen molar-refractivity contribution in [3.63, 3.8) is 0 Å². The van der Waals surface area contributed by atoms with Crippen LogP contribution < -0.4 is 5.32 Å². The van der Waals surface area contributed by atoms with Crippen LogP contribution in [0.15, 0.2) is 29.3 Å². The number of halogens is 1. The summed E-state index contributed by atoms with van der Waals surface area (Å²) in [6, 6.07) is 5.83. The SMILES string of the molecule is CC1Sc2ccc(Cl)cc2-c2nc(NC(=O)C3CCOCC3)ncc21. The summed E-state index contributed by atoms with van der Waals surface area (Å²) in [4.78, 5) is 22.6. The zero-order valence-corrected chi connectivity index (χ0v) is 15.4. The van der Waals surface area contributed by atoms with Crippen LogP contribution in [0.1, 0.15) is 30.6 Å². The average molecular weight is 376 g/mol. The molecular weight excluding hydrogens is 358 g/mol. The molecule has 2 aliphatic heterocycles. The van der Waals surface area contributed by atoms with Gasteiger partial charge in [0.1, 0.15) is 0 Å². The molecule has 3 heterocycles. The van der Waals surface area contributed by atoms with Crippen molar-refractivity contribution in [3.05, 3.63) is 35.0 Å². The first-order chi connectivity index (χ1) is 12.1. The maximum absolute atomic E-state index is 12.4. The molecule has 2 aliphatic rings. The van der Waals surface area contributed by atoms with Crippen LogP contribution >= 0.6 is 23.4 Å². The molecule has 1 N–H and O–H groups in total. The average Bonchev–Trinajstić information content (AvgIpc) is 2.63. The van der Waals surface area contributed by atoms with E-state index in [1.165, 1.54) is 0 Å². The molecule has 1 fully saturated rings. The number of amides is 1. The number of fused-ring (bicyclic) bond motifs is 3. The first kappa shape index (κ1) is 16.8. The Kier molecular flexibility index (Phi) is 4.67. The number of carbonyl (C=O) groups excluding carboxylic acids is 1. The number of nitrogens with one attached hydrogen (secondary N) is 1. The van der Waals surface area contributed by atoms with E-state index < -0.39 is 0 Å². The maximum atomic E-state index is 12.4. The number of nitrogens with zero attached hydrogens (tertiary/aromatic N) is 2. The van der Waals surface area contributed by atoms with Crippen molar-refractivity contribution in [2.24, 2.45) is 5.92 Å². The van der Waals surface area contributed by atoms with E-state index in [2.05, 4.69) is 22.2 Å². The molecule has 0 bridgehead atoms. The minimum Gasteiger partial charge on any atom is -0.381 e. The van der Waals surface area contributed by atoms with Gasteiger partial charge in [-0.2, -0.15) is 0 Å². The van der Waals surface area contributed by atoms with Gasteiger partial charge in [-0.3, -0.25) is 10.1 Å². The van der Waals surface area contributed by atoms with Gasteiger partial charge >= 0.3 is 0 Å². The first-order valence-electron chi connectivity index (χ1n) is 8.34. The number of thioether (sulfide) groups is 1. The van der Waals surface area contributed by atoms with Crippen molar-refractivity contribution >= 4 is 35.2 Å². The molecule has 0 radical (unpaired) electrons. The summed E-state index contributed by atoms with van der Waals surface area (Å²) in [7, 11) is 0. The van der Waals surface area contributed by atoms with Gasteiger partial charge in [-0.1, -0.05) is 11.6 Å². The van der Waals surface area contributed by atoms with E-state index in [1.54, 1.807) is 11.8 Å². The smallest absolute Gasteiger partial charge is 0.230 e. The molecule has 130 valence electrons. The summed E-state index contributed by atoms with van der Waals surface area (Å²) in [5, 5.41) is 3.79. The second kappa shape index (κ2) is 6.94. The molecule has 0 saturated carbocycles. The third kappa shape index (κ3) is 3.38. The molecule has 1 unspecified atom stereocenters. The van der Waals surface area contributed by atoms with E-state index in [9.17, 15) is 4.79 Å². The van der Waals surface area contributed by atoms with Gasteiger partial charge in [-0.25, -0.2) is 9.97 Å². The molecule has 1 aromatic heterocycles. The number of hydrogen-bond donors (Lipinski definition) is 1. The highest BCUT2D eigenvalue weighted by molar-refractivity contribution is 7.99. The molecule has 0 aliphatic carbocycles. The Labute approximate surface area is 155 Å². The topological polar surface area (TPSA) is 64.1 Å². The minimum atomic E-state index is -0.0374. The van der Waals surface area contributed by atoms with Gasteiger partial charge in [-0.15, -0.1) is 11.8 Å². The van der Waals surface area contributed by atoms with Crippen molar-refractivity contribution < 1.29 is 9.53 Å². The zero-order valence-electron chi connectivity index (χ0n) is 13.8. The number of ether oxygens (including phenoxy) is 1. The first-order valence-corrected chi connectivity index (χ1v) is 9.59. The molecule has 4 rings (SSSR count). The van der Waals surface area contributed by atoms with Crippen molar-refractivity contribution in [1.29, 1.82) is 0 Å². The maximum Gasteiger partial charge on any atom is 0.230 e. The Morgan fingerprint density at radius 3 is 2.96 bits per heavy atom. The standard InChI is InChI=1S/C18H18ClN3O2S/c1-10-14-9-20-18(22-17(23)11-4-6-24-7-5-11)21-16(14)13-8-12(19)2-3-15(13)25-10/h2-3,8-11H,4-7H2,1H3,(H,20,21,22,23). The molecule has 0 spiro atoms. The number of benzene rings is 1. The second-order valence-electron chi connectivity index (χ2n) is 6.27. The Hall–Kier alpha value is -1.63. The van der Waals surface area contributed by atoms with E-state index in [1.807, 2.05) is 24.4 Å². The summed E-state index contributed by atoms with van der Waals surface area (Å²) in [5.74, 6) is 0.276. The molecule has 1 amide bonds. The zero-order chi connectivity index (χ0) is 17.4. The van der Waals surface area contributed by atoms with Crippen LogP contribution in [-0.2, 0) is 9.53 Å². The third-order valence-electron chi connectivity index (χ3n) is 4.58.